The number of rotatable bonds is 3. The molecular formula is C9H18O2. The zero-order valence-electron chi connectivity index (χ0n) is 7.38. The molecule has 11 heavy (non-hydrogen) atoms. The molecule has 0 saturated heterocycles. The fourth-order valence-electron chi connectivity index (χ4n) is 1.89. The predicted octanol–water partition coefficient (Wildman–Crippen LogP) is 1.17. The zero-order valence-corrected chi connectivity index (χ0v) is 7.38. The molecule has 0 bridgehead atoms. The van der Waals surface area contributed by atoms with E-state index in [0.29, 0.717) is 0 Å². The highest BCUT2D eigenvalue weighted by molar-refractivity contribution is 4.94. The summed E-state index contributed by atoms with van der Waals surface area (Å²) in [5, 5.41) is 18.8. The Morgan fingerprint density at radius 1 is 1.36 bits per heavy atom. The molecule has 0 radical (unpaired) electrons. The summed E-state index contributed by atoms with van der Waals surface area (Å²) in [7, 11) is 0. The minimum absolute atomic E-state index is 0.145. The monoisotopic (exact) mass is 158 g/mol. The van der Waals surface area contributed by atoms with Crippen LogP contribution in [0.25, 0.3) is 0 Å². The van der Waals surface area contributed by atoms with E-state index in [2.05, 4.69) is 0 Å². The second-order valence-corrected chi connectivity index (χ2v) is 4.06. The van der Waals surface area contributed by atoms with Gasteiger partial charge in [0.15, 0.2) is 0 Å². The quantitative estimate of drug-likeness (QED) is 0.647. The fraction of sp³-hybridized carbons (Fsp3) is 1.00. The Labute approximate surface area is 68.2 Å². The number of hydrogen-bond donors (Lipinski definition) is 2. The normalized spacial score (nSPS) is 24.8. The Bertz CT molecular complexity index is 122. The maximum Gasteiger partial charge on any atom is 0.0641 e. The van der Waals surface area contributed by atoms with E-state index in [0.717, 1.165) is 19.3 Å². The van der Waals surface area contributed by atoms with E-state index in [1.165, 1.54) is 0 Å². The summed E-state index contributed by atoms with van der Waals surface area (Å²) in [4.78, 5) is 0. The van der Waals surface area contributed by atoms with Gasteiger partial charge in [-0.15, -0.1) is 0 Å². The molecule has 0 spiro atoms. The van der Waals surface area contributed by atoms with Crippen LogP contribution in [0, 0.1) is 11.3 Å². The minimum atomic E-state index is -0.318. The lowest BCUT2D eigenvalue weighted by atomic mass is 9.63. The topological polar surface area (TPSA) is 40.5 Å². The van der Waals surface area contributed by atoms with Crippen molar-refractivity contribution in [1.29, 1.82) is 0 Å². The molecule has 1 rings (SSSR count). The van der Waals surface area contributed by atoms with E-state index in [4.69, 9.17) is 5.11 Å². The summed E-state index contributed by atoms with van der Waals surface area (Å²) in [5.74, 6) is 0.266. The molecule has 2 nitrogen and oxygen atoms in total. The van der Waals surface area contributed by atoms with Gasteiger partial charge in [-0.1, -0.05) is 20.3 Å². The molecule has 0 heterocycles. The lowest BCUT2D eigenvalue weighted by molar-refractivity contribution is -0.0915. The first-order valence-electron chi connectivity index (χ1n) is 4.41. The van der Waals surface area contributed by atoms with Crippen LogP contribution >= 0.6 is 0 Å². The molecule has 0 amide bonds. The van der Waals surface area contributed by atoms with E-state index in [1.54, 1.807) is 0 Å². The van der Waals surface area contributed by atoms with Gasteiger partial charge in [-0.3, -0.25) is 0 Å². The summed E-state index contributed by atoms with van der Waals surface area (Å²) < 4.78 is 0. The highest BCUT2D eigenvalue weighted by Crippen LogP contribution is 2.45. The molecule has 1 fully saturated rings. The van der Waals surface area contributed by atoms with Crippen LogP contribution in [-0.2, 0) is 0 Å². The molecule has 1 saturated carbocycles. The standard InChI is InChI=1S/C9H18O2/c1-7(2)8(11)9(6-10)4-3-5-9/h7-8,10-11H,3-6H2,1-2H3/t8-/m0/s1. The molecular weight excluding hydrogens is 140 g/mol. The highest BCUT2D eigenvalue weighted by Gasteiger charge is 2.43. The predicted molar refractivity (Wildman–Crippen MR) is 44.2 cm³/mol. The first-order valence-corrected chi connectivity index (χ1v) is 4.41. The third kappa shape index (κ3) is 1.42. The third-order valence-corrected chi connectivity index (χ3v) is 2.92. The molecule has 0 unspecified atom stereocenters. The van der Waals surface area contributed by atoms with Gasteiger partial charge in [-0.2, -0.15) is 0 Å². The molecule has 0 aromatic rings. The van der Waals surface area contributed by atoms with Crippen molar-refractivity contribution in [2.24, 2.45) is 11.3 Å². The van der Waals surface area contributed by atoms with Crippen LogP contribution in [0.2, 0.25) is 0 Å². The number of aliphatic hydroxyl groups excluding tert-OH is 2. The molecule has 2 N–H and O–H groups in total. The second kappa shape index (κ2) is 3.11. The van der Waals surface area contributed by atoms with E-state index in [-0.39, 0.29) is 24.0 Å². The van der Waals surface area contributed by atoms with Crippen LogP contribution in [0.5, 0.6) is 0 Å². The van der Waals surface area contributed by atoms with Gasteiger partial charge in [-0.05, 0) is 18.8 Å². The molecule has 0 aromatic carbocycles. The molecule has 0 aromatic heterocycles. The van der Waals surface area contributed by atoms with Crippen molar-refractivity contribution < 1.29 is 10.2 Å². The lowest BCUT2D eigenvalue weighted by Gasteiger charge is -2.45. The summed E-state index contributed by atoms with van der Waals surface area (Å²) in [5.41, 5.74) is -0.145. The Hall–Kier alpha value is -0.0800. The summed E-state index contributed by atoms with van der Waals surface area (Å²) in [6.45, 7) is 4.15. The van der Waals surface area contributed by atoms with Gasteiger partial charge in [0, 0.05) is 5.41 Å². The number of aliphatic hydroxyl groups is 2. The Morgan fingerprint density at radius 3 is 2.00 bits per heavy atom. The van der Waals surface area contributed by atoms with Crippen LogP contribution < -0.4 is 0 Å². The first-order chi connectivity index (χ1) is 5.12. The first kappa shape index (κ1) is 9.01. The summed E-state index contributed by atoms with van der Waals surface area (Å²) in [6, 6.07) is 0. The summed E-state index contributed by atoms with van der Waals surface area (Å²) in [6.07, 6.45) is 2.82. The lowest BCUT2D eigenvalue weighted by Crippen LogP contribution is -2.46. The van der Waals surface area contributed by atoms with E-state index >= 15 is 0 Å². The van der Waals surface area contributed by atoms with Crippen LogP contribution in [0.1, 0.15) is 33.1 Å². The van der Waals surface area contributed by atoms with Gasteiger partial charge < -0.3 is 10.2 Å². The van der Waals surface area contributed by atoms with Crippen molar-refractivity contribution in [1.82, 2.24) is 0 Å². The summed E-state index contributed by atoms with van der Waals surface area (Å²) >= 11 is 0. The van der Waals surface area contributed by atoms with Crippen molar-refractivity contribution in [3.8, 4) is 0 Å². The molecule has 1 aliphatic carbocycles. The fourth-order valence-corrected chi connectivity index (χ4v) is 1.89. The maximum absolute atomic E-state index is 9.74. The van der Waals surface area contributed by atoms with Gasteiger partial charge in [-0.25, -0.2) is 0 Å². The van der Waals surface area contributed by atoms with Crippen LogP contribution in [0.3, 0.4) is 0 Å². The van der Waals surface area contributed by atoms with Crippen molar-refractivity contribution in [2.75, 3.05) is 6.61 Å². The molecule has 66 valence electrons. The second-order valence-electron chi connectivity index (χ2n) is 4.06. The van der Waals surface area contributed by atoms with Crippen LogP contribution in [0.15, 0.2) is 0 Å². The molecule has 0 aliphatic heterocycles. The highest BCUT2D eigenvalue weighted by atomic mass is 16.3. The Kier molecular flexibility index (Phi) is 2.55. The zero-order chi connectivity index (χ0) is 8.48. The largest absolute Gasteiger partial charge is 0.396 e. The third-order valence-electron chi connectivity index (χ3n) is 2.92. The molecule has 2 heteroatoms. The van der Waals surface area contributed by atoms with Gasteiger partial charge in [0.1, 0.15) is 0 Å². The van der Waals surface area contributed by atoms with Crippen LogP contribution in [-0.4, -0.2) is 22.9 Å². The Balaban J connectivity index is 2.54. The van der Waals surface area contributed by atoms with Gasteiger partial charge in [0.2, 0.25) is 0 Å². The van der Waals surface area contributed by atoms with Crippen molar-refractivity contribution in [2.45, 2.75) is 39.2 Å². The maximum atomic E-state index is 9.74. The van der Waals surface area contributed by atoms with E-state index in [9.17, 15) is 5.11 Å². The molecule has 1 aliphatic rings. The van der Waals surface area contributed by atoms with Crippen molar-refractivity contribution in [3.05, 3.63) is 0 Å². The van der Waals surface area contributed by atoms with E-state index < -0.39 is 0 Å². The van der Waals surface area contributed by atoms with Gasteiger partial charge in [0.25, 0.3) is 0 Å². The van der Waals surface area contributed by atoms with Gasteiger partial charge in [0.05, 0.1) is 12.7 Å². The van der Waals surface area contributed by atoms with Crippen molar-refractivity contribution >= 4 is 0 Å². The number of hydrogen-bond acceptors (Lipinski definition) is 2. The van der Waals surface area contributed by atoms with E-state index in [1.807, 2.05) is 13.8 Å². The Morgan fingerprint density at radius 2 is 1.91 bits per heavy atom. The van der Waals surface area contributed by atoms with Gasteiger partial charge >= 0.3 is 0 Å². The minimum Gasteiger partial charge on any atom is -0.396 e. The van der Waals surface area contributed by atoms with Crippen LogP contribution in [0.4, 0.5) is 0 Å². The van der Waals surface area contributed by atoms with Crippen molar-refractivity contribution in [3.63, 3.8) is 0 Å². The smallest absolute Gasteiger partial charge is 0.0641 e. The average Bonchev–Trinajstić information content (AvgIpc) is 1.86. The SMILES string of the molecule is CC(C)[C@H](O)C1(CO)CCC1. The average molecular weight is 158 g/mol. The molecule has 1 atom stereocenters.